The van der Waals surface area contributed by atoms with Crippen LogP contribution in [0.1, 0.15) is 19.3 Å². The highest BCUT2D eigenvalue weighted by atomic mass is 16.5. The number of allylic oxidation sites excluding steroid dienone is 1. The van der Waals surface area contributed by atoms with Gasteiger partial charge in [-0.15, -0.1) is 0 Å². The van der Waals surface area contributed by atoms with Gasteiger partial charge in [-0.1, -0.05) is 6.08 Å². The number of hydrogen-bond donors (Lipinski definition) is 0. The summed E-state index contributed by atoms with van der Waals surface area (Å²) in [6, 6.07) is 0.675. The molecule has 2 heteroatoms. The number of methoxy groups -OCH3 is 1. The molecule has 0 aromatic carbocycles. The van der Waals surface area contributed by atoms with E-state index in [1.807, 2.05) is 0 Å². The normalized spacial score (nSPS) is 29.0. The van der Waals surface area contributed by atoms with E-state index in [9.17, 15) is 0 Å². The molecular formula is C9H15NO. The summed E-state index contributed by atoms with van der Waals surface area (Å²) in [5, 5.41) is 0. The maximum absolute atomic E-state index is 5.17. The molecule has 62 valence electrons. The molecule has 0 N–H and O–H groups in total. The van der Waals surface area contributed by atoms with Gasteiger partial charge in [-0.05, 0) is 19.3 Å². The topological polar surface area (TPSA) is 12.5 Å². The van der Waals surface area contributed by atoms with Crippen LogP contribution in [-0.2, 0) is 4.74 Å². The molecule has 0 unspecified atom stereocenters. The van der Waals surface area contributed by atoms with Gasteiger partial charge in [-0.3, -0.25) is 0 Å². The summed E-state index contributed by atoms with van der Waals surface area (Å²) in [7, 11) is 1.79. The Morgan fingerprint density at radius 2 is 2.64 bits per heavy atom. The molecule has 0 bridgehead atoms. The molecule has 1 atom stereocenters. The van der Waals surface area contributed by atoms with Crippen LogP contribution in [0.5, 0.6) is 0 Å². The number of nitrogens with zero attached hydrogens (tertiary/aromatic N) is 1. The molecule has 0 spiro atoms. The van der Waals surface area contributed by atoms with Crippen molar-refractivity contribution in [1.82, 2.24) is 4.90 Å². The quantitative estimate of drug-likeness (QED) is 0.594. The Morgan fingerprint density at radius 3 is 3.45 bits per heavy atom. The molecule has 2 rings (SSSR count). The van der Waals surface area contributed by atoms with Gasteiger partial charge < -0.3 is 9.64 Å². The Bertz CT molecular complexity index is 176. The van der Waals surface area contributed by atoms with Gasteiger partial charge in [0.15, 0.2) is 0 Å². The molecular weight excluding hydrogens is 138 g/mol. The maximum atomic E-state index is 5.17. The first kappa shape index (κ1) is 7.17. The van der Waals surface area contributed by atoms with Gasteiger partial charge in [-0.25, -0.2) is 0 Å². The van der Waals surface area contributed by atoms with Crippen molar-refractivity contribution < 1.29 is 4.74 Å². The van der Waals surface area contributed by atoms with E-state index >= 15 is 0 Å². The van der Waals surface area contributed by atoms with Crippen LogP contribution in [0.25, 0.3) is 0 Å². The lowest BCUT2D eigenvalue weighted by molar-refractivity contribution is 0.130. The van der Waals surface area contributed by atoms with E-state index in [1.165, 1.54) is 25.8 Å². The molecule has 2 aliphatic rings. The Labute approximate surface area is 67.8 Å². The lowest BCUT2D eigenvalue weighted by Crippen LogP contribution is -2.30. The molecule has 0 aliphatic carbocycles. The van der Waals surface area contributed by atoms with Gasteiger partial charge in [0.25, 0.3) is 0 Å². The van der Waals surface area contributed by atoms with E-state index in [1.54, 1.807) is 12.8 Å². The third-order valence-corrected chi connectivity index (χ3v) is 2.65. The summed E-state index contributed by atoms with van der Waals surface area (Å²) in [4.78, 5) is 2.50. The number of ether oxygens (including phenoxy) is 1. The van der Waals surface area contributed by atoms with Crippen LogP contribution in [0, 0.1) is 0 Å². The van der Waals surface area contributed by atoms with Gasteiger partial charge in [0.1, 0.15) is 0 Å². The lowest BCUT2D eigenvalue weighted by atomic mass is 10.2. The third-order valence-electron chi connectivity index (χ3n) is 2.65. The number of hydrogen-bond acceptors (Lipinski definition) is 2. The minimum Gasteiger partial charge on any atom is -0.383 e. The van der Waals surface area contributed by atoms with Gasteiger partial charge in [0, 0.05) is 19.4 Å². The molecule has 11 heavy (non-hydrogen) atoms. The van der Waals surface area contributed by atoms with Crippen LogP contribution in [0.15, 0.2) is 11.8 Å². The molecule has 0 aromatic rings. The predicted molar refractivity (Wildman–Crippen MR) is 44.3 cm³/mol. The van der Waals surface area contributed by atoms with Crippen molar-refractivity contribution in [1.29, 1.82) is 0 Å². The van der Waals surface area contributed by atoms with E-state index in [0.717, 1.165) is 6.61 Å². The maximum Gasteiger partial charge on any atom is 0.0666 e. The summed E-state index contributed by atoms with van der Waals surface area (Å²) in [5.41, 5.74) is 1.56. The Hall–Kier alpha value is -0.500. The minimum atomic E-state index is 0.675. The van der Waals surface area contributed by atoms with E-state index in [4.69, 9.17) is 4.74 Å². The van der Waals surface area contributed by atoms with Crippen molar-refractivity contribution in [2.24, 2.45) is 0 Å². The average Bonchev–Trinajstić information content (AvgIpc) is 2.53. The zero-order valence-corrected chi connectivity index (χ0v) is 7.05. The highest BCUT2D eigenvalue weighted by Crippen LogP contribution is 2.31. The second-order valence-electron chi connectivity index (χ2n) is 3.33. The predicted octanol–water partition coefficient (Wildman–Crippen LogP) is 1.38. The Balaban J connectivity index is 2.00. The third kappa shape index (κ3) is 1.16. The molecule has 2 nitrogen and oxygen atoms in total. The molecule has 0 saturated carbocycles. The van der Waals surface area contributed by atoms with Gasteiger partial charge in [0.05, 0.1) is 12.6 Å². The molecule has 2 aliphatic heterocycles. The molecule has 0 radical (unpaired) electrons. The minimum absolute atomic E-state index is 0.675. The van der Waals surface area contributed by atoms with Crippen LogP contribution in [0.2, 0.25) is 0 Å². The molecule has 1 saturated heterocycles. The van der Waals surface area contributed by atoms with Crippen molar-refractivity contribution >= 4 is 0 Å². The van der Waals surface area contributed by atoms with Crippen molar-refractivity contribution in [3.63, 3.8) is 0 Å². The van der Waals surface area contributed by atoms with Crippen molar-refractivity contribution in [3.05, 3.63) is 11.8 Å². The highest BCUT2D eigenvalue weighted by molar-refractivity contribution is 5.14. The lowest BCUT2D eigenvalue weighted by Gasteiger charge is -2.22. The monoisotopic (exact) mass is 153 g/mol. The summed E-state index contributed by atoms with van der Waals surface area (Å²) in [5.74, 6) is 0. The number of fused-ring (bicyclic) bond motifs is 1. The first-order valence-corrected chi connectivity index (χ1v) is 4.36. The smallest absolute Gasteiger partial charge is 0.0666 e. The fourth-order valence-electron chi connectivity index (χ4n) is 2.13. The van der Waals surface area contributed by atoms with Crippen LogP contribution < -0.4 is 0 Å². The van der Waals surface area contributed by atoms with Crippen molar-refractivity contribution in [3.8, 4) is 0 Å². The zero-order valence-electron chi connectivity index (χ0n) is 7.05. The second-order valence-corrected chi connectivity index (χ2v) is 3.33. The van der Waals surface area contributed by atoms with Gasteiger partial charge in [-0.2, -0.15) is 0 Å². The van der Waals surface area contributed by atoms with E-state index in [2.05, 4.69) is 11.0 Å². The van der Waals surface area contributed by atoms with Gasteiger partial charge >= 0.3 is 0 Å². The highest BCUT2D eigenvalue weighted by Gasteiger charge is 2.29. The fourth-order valence-corrected chi connectivity index (χ4v) is 2.13. The molecule has 0 amide bonds. The zero-order chi connectivity index (χ0) is 7.68. The van der Waals surface area contributed by atoms with E-state index in [0.29, 0.717) is 6.04 Å². The fraction of sp³-hybridized carbons (Fsp3) is 0.778. The van der Waals surface area contributed by atoms with E-state index in [-0.39, 0.29) is 0 Å². The molecule has 2 heterocycles. The first-order valence-electron chi connectivity index (χ1n) is 4.36. The largest absolute Gasteiger partial charge is 0.383 e. The first-order chi connectivity index (χ1) is 5.42. The summed E-state index contributed by atoms with van der Waals surface area (Å²) >= 11 is 0. The summed E-state index contributed by atoms with van der Waals surface area (Å²) in [6.45, 7) is 2.13. The second kappa shape index (κ2) is 2.86. The Morgan fingerprint density at radius 1 is 1.73 bits per heavy atom. The van der Waals surface area contributed by atoms with Gasteiger partial charge in [0.2, 0.25) is 0 Å². The van der Waals surface area contributed by atoms with Crippen LogP contribution in [-0.4, -0.2) is 31.2 Å². The van der Waals surface area contributed by atoms with Crippen LogP contribution in [0.3, 0.4) is 0 Å². The molecule has 1 fully saturated rings. The molecule has 0 aromatic heterocycles. The summed E-state index contributed by atoms with van der Waals surface area (Å²) < 4.78 is 5.17. The standard InChI is InChI=1S/C9H15NO/c1-11-7-9-5-4-8-3-2-6-10(8)9/h3,9H,2,4-7H2,1H3/t9-/m1/s1. The van der Waals surface area contributed by atoms with Crippen LogP contribution >= 0.6 is 0 Å². The van der Waals surface area contributed by atoms with Crippen molar-refractivity contribution in [2.45, 2.75) is 25.3 Å². The SMILES string of the molecule is COC[C@H]1CCC2=CCCN21. The van der Waals surface area contributed by atoms with Crippen LogP contribution in [0.4, 0.5) is 0 Å². The summed E-state index contributed by atoms with van der Waals surface area (Å²) in [6.07, 6.45) is 6.18. The van der Waals surface area contributed by atoms with E-state index < -0.39 is 0 Å². The Kier molecular flexibility index (Phi) is 1.86. The number of rotatable bonds is 2. The average molecular weight is 153 g/mol. The van der Waals surface area contributed by atoms with Crippen molar-refractivity contribution in [2.75, 3.05) is 20.3 Å².